The molecule has 0 radical (unpaired) electrons. The van der Waals surface area contributed by atoms with Crippen LogP contribution in [-0.4, -0.2) is 39.4 Å². The second-order valence-corrected chi connectivity index (χ2v) is 7.05. The number of hydrogen-bond donors (Lipinski definition) is 2. The second-order valence-electron chi connectivity index (χ2n) is 4.79. The number of fused-ring (bicyclic) bond motifs is 1. The predicted molar refractivity (Wildman–Crippen MR) is 75.3 cm³/mol. The van der Waals surface area contributed by atoms with Gasteiger partial charge in [-0.3, -0.25) is 4.79 Å². The van der Waals surface area contributed by atoms with E-state index in [0.29, 0.717) is 5.56 Å². The van der Waals surface area contributed by atoms with Gasteiger partial charge in [0.15, 0.2) is 0 Å². The molecule has 0 fully saturated rings. The summed E-state index contributed by atoms with van der Waals surface area (Å²) in [6.07, 6.45) is 3.18. The first-order valence-electron chi connectivity index (χ1n) is 6.28. The van der Waals surface area contributed by atoms with Gasteiger partial charge in [0.2, 0.25) is 0 Å². The molecule has 0 unspecified atom stereocenters. The molecule has 0 spiro atoms. The van der Waals surface area contributed by atoms with Crippen LogP contribution in [-0.2, 0) is 16.3 Å². The van der Waals surface area contributed by atoms with Crippen molar-refractivity contribution in [1.82, 2.24) is 5.32 Å². The van der Waals surface area contributed by atoms with E-state index in [4.69, 9.17) is 0 Å². The van der Waals surface area contributed by atoms with E-state index in [2.05, 4.69) is 10.6 Å². The Morgan fingerprint density at radius 3 is 2.95 bits per heavy atom. The maximum atomic E-state index is 11.9. The van der Waals surface area contributed by atoms with Crippen LogP contribution in [0, 0.1) is 0 Å². The Bertz CT molecular complexity index is 582. The van der Waals surface area contributed by atoms with Gasteiger partial charge >= 0.3 is 0 Å². The Morgan fingerprint density at radius 1 is 1.42 bits per heavy atom. The van der Waals surface area contributed by atoms with Crippen LogP contribution in [0.4, 0.5) is 5.69 Å². The number of sulfone groups is 1. The van der Waals surface area contributed by atoms with Crippen LogP contribution >= 0.6 is 0 Å². The molecule has 0 bridgehead atoms. The van der Waals surface area contributed by atoms with Crippen LogP contribution in [0.5, 0.6) is 0 Å². The Kier molecular flexibility index (Phi) is 4.09. The van der Waals surface area contributed by atoms with Crippen LogP contribution < -0.4 is 10.6 Å². The van der Waals surface area contributed by atoms with Crippen molar-refractivity contribution in [2.24, 2.45) is 0 Å². The van der Waals surface area contributed by atoms with Gasteiger partial charge in [-0.25, -0.2) is 8.42 Å². The summed E-state index contributed by atoms with van der Waals surface area (Å²) in [4.78, 5) is 11.9. The molecule has 104 valence electrons. The van der Waals surface area contributed by atoms with Crippen LogP contribution in [0.25, 0.3) is 0 Å². The van der Waals surface area contributed by atoms with Crippen molar-refractivity contribution in [2.45, 2.75) is 12.8 Å². The first-order chi connectivity index (χ1) is 8.96. The molecule has 6 heteroatoms. The highest BCUT2D eigenvalue weighted by atomic mass is 32.2. The van der Waals surface area contributed by atoms with Crippen LogP contribution in [0.1, 0.15) is 22.3 Å². The van der Waals surface area contributed by atoms with Crippen molar-refractivity contribution in [2.75, 3.05) is 30.4 Å². The molecule has 1 amide bonds. The van der Waals surface area contributed by atoms with E-state index < -0.39 is 9.84 Å². The second kappa shape index (κ2) is 5.61. The van der Waals surface area contributed by atoms with E-state index in [1.165, 1.54) is 0 Å². The van der Waals surface area contributed by atoms with Crippen molar-refractivity contribution in [3.05, 3.63) is 29.3 Å². The molecule has 19 heavy (non-hydrogen) atoms. The van der Waals surface area contributed by atoms with Crippen LogP contribution in [0.2, 0.25) is 0 Å². The SMILES string of the molecule is CS(=O)(=O)CCNC(=O)c1ccc2c(c1)CCCN2. The standard InChI is InChI=1S/C13H18N2O3S/c1-19(17,18)8-7-15-13(16)11-4-5-12-10(9-11)3-2-6-14-12/h4-5,9,14H,2-3,6-8H2,1H3,(H,15,16). The van der Waals surface area contributed by atoms with Crippen molar-refractivity contribution < 1.29 is 13.2 Å². The quantitative estimate of drug-likeness (QED) is 0.857. The first-order valence-corrected chi connectivity index (χ1v) is 8.34. The average molecular weight is 282 g/mol. The fourth-order valence-electron chi connectivity index (χ4n) is 2.07. The van der Waals surface area contributed by atoms with Gasteiger partial charge in [-0.1, -0.05) is 0 Å². The molecular weight excluding hydrogens is 264 g/mol. The molecule has 2 rings (SSSR count). The highest BCUT2D eigenvalue weighted by molar-refractivity contribution is 7.90. The summed E-state index contributed by atoms with van der Waals surface area (Å²) in [5.74, 6) is -0.261. The smallest absolute Gasteiger partial charge is 0.251 e. The zero-order valence-corrected chi connectivity index (χ0v) is 11.7. The molecule has 0 aromatic heterocycles. The molecule has 5 nitrogen and oxygen atoms in total. The number of benzene rings is 1. The Hall–Kier alpha value is -1.56. The lowest BCUT2D eigenvalue weighted by Gasteiger charge is -2.18. The summed E-state index contributed by atoms with van der Waals surface area (Å²) in [7, 11) is -3.04. The third-order valence-electron chi connectivity index (χ3n) is 3.06. The van der Waals surface area contributed by atoms with E-state index in [1.807, 2.05) is 12.1 Å². The van der Waals surface area contributed by atoms with E-state index in [-0.39, 0.29) is 18.2 Å². The van der Waals surface area contributed by atoms with E-state index >= 15 is 0 Å². The lowest BCUT2D eigenvalue weighted by molar-refractivity contribution is 0.0956. The minimum absolute atomic E-state index is 0.0365. The van der Waals surface area contributed by atoms with E-state index in [9.17, 15) is 13.2 Å². The molecule has 0 aliphatic carbocycles. The number of carbonyl (C=O) groups excluding carboxylic acids is 1. The fourth-order valence-corrected chi connectivity index (χ4v) is 2.54. The summed E-state index contributed by atoms with van der Waals surface area (Å²) < 4.78 is 22.0. The number of rotatable bonds is 4. The van der Waals surface area contributed by atoms with Crippen LogP contribution in [0.15, 0.2) is 18.2 Å². The van der Waals surface area contributed by atoms with Gasteiger partial charge in [0.25, 0.3) is 5.91 Å². The van der Waals surface area contributed by atoms with Gasteiger partial charge in [0, 0.05) is 30.6 Å². The maximum absolute atomic E-state index is 11.9. The molecular formula is C13H18N2O3S. The number of aryl methyl sites for hydroxylation is 1. The number of carbonyl (C=O) groups is 1. The minimum atomic E-state index is -3.04. The lowest BCUT2D eigenvalue weighted by atomic mass is 10.0. The molecule has 0 saturated heterocycles. The van der Waals surface area contributed by atoms with E-state index in [1.54, 1.807) is 6.07 Å². The number of nitrogens with one attached hydrogen (secondary N) is 2. The Morgan fingerprint density at radius 2 is 2.21 bits per heavy atom. The molecule has 0 atom stereocenters. The largest absolute Gasteiger partial charge is 0.385 e. The van der Waals surface area contributed by atoms with Gasteiger partial charge in [0.05, 0.1) is 5.75 Å². The molecule has 1 aliphatic rings. The summed E-state index contributed by atoms with van der Waals surface area (Å²) in [6.45, 7) is 1.11. The molecule has 2 N–H and O–H groups in total. The van der Waals surface area contributed by atoms with Crippen molar-refractivity contribution in [3.8, 4) is 0 Å². The number of anilines is 1. The first kappa shape index (κ1) is 13.9. The molecule has 1 aromatic rings. The number of hydrogen-bond acceptors (Lipinski definition) is 4. The Balaban J connectivity index is 1.99. The van der Waals surface area contributed by atoms with Gasteiger partial charge in [-0.2, -0.15) is 0 Å². The summed E-state index contributed by atoms with van der Waals surface area (Å²) in [5, 5.41) is 5.90. The molecule has 1 aromatic carbocycles. The Labute approximate surface area is 113 Å². The molecule has 1 heterocycles. The van der Waals surface area contributed by atoms with Crippen molar-refractivity contribution in [3.63, 3.8) is 0 Å². The van der Waals surface area contributed by atoms with E-state index in [0.717, 1.165) is 36.9 Å². The highest BCUT2D eigenvalue weighted by Crippen LogP contribution is 2.22. The van der Waals surface area contributed by atoms with Gasteiger partial charge < -0.3 is 10.6 Å². The number of amides is 1. The lowest BCUT2D eigenvalue weighted by Crippen LogP contribution is -2.29. The highest BCUT2D eigenvalue weighted by Gasteiger charge is 2.12. The fraction of sp³-hybridized carbons (Fsp3) is 0.462. The molecule has 0 saturated carbocycles. The predicted octanol–water partition coefficient (Wildman–Crippen LogP) is 0.819. The zero-order chi connectivity index (χ0) is 13.9. The summed E-state index contributed by atoms with van der Waals surface area (Å²) >= 11 is 0. The van der Waals surface area contributed by atoms with Gasteiger partial charge in [-0.15, -0.1) is 0 Å². The maximum Gasteiger partial charge on any atom is 0.251 e. The average Bonchev–Trinajstić information content (AvgIpc) is 2.36. The third kappa shape index (κ3) is 3.96. The van der Waals surface area contributed by atoms with Gasteiger partial charge in [0.1, 0.15) is 9.84 Å². The van der Waals surface area contributed by atoms with Crippen molar-refractivity contribution in [1.29, 1.82) is 0 Å². The van der Waals surface area contributed by atoms with Crippen LogP contribution in [0.3, 0.4) is 0 Å². The zero-order valence-electron chi connectivity index (χ0n) is 10.9. The topological polar surface area (TPSA) is 75.3 Å². The minimum Gasteiger partial charge on any atom is -0.385 e. The summed E-state index contributed by atoms with van der Waals surface area (Å²) in [5.41, 5.74) is 2.80. The van der Waals surface area contributed by atoms with Gasteiger partial charge in [-0.05, 0) is 36.6 Å². The normalized spacial score (nSPS) is 14.4. The summed E-state index contributed by atoms with van der Waals surface area (Å²) in [6, 6.07) is 5.53. The van der Waals surface area contributed by atoms with Crippen molar-refractivity contribution >= 4 is 21.4 Å². The monoisotopic (exact) mass is 282 g/mol. The third-order valence-corrected chi connectivity index (χ3v) is 4.01. The molecule has 1 aliphatic heterocycles.